The highest BCUT2D eigenvalue weighted by Gasteiger charge is 2.24. The van der Waals surface area contributed by atoms with E-state index in [0.717, 1.165) is 36.3 Å². The third-order valence-electron chi connectivity index (χ3n) is 4.21. The van der Waals surface area contributed by atoms with E-state index in [1.807, 2.05) is 17.2 Å². The Kier molecular flexibility index (Phi) is 4.79. The van der Waals surface area contributed by atoms with Crippen LogP contribution in [0.3, 0.4) is 0 Å². The van der Waals surface area contributed by atoms with Gasteiger partial charge in [0.15, 0.2) is 0 Å². The number of fused-ring (bicyclic) bond motifs is 1. The summed E-state index contributed by atoms with van der Waals surface area (Å²) in [5, 5.41) is 3.17. The summed E-state index contributed by atoms with van der Waals surface area (Å²) in [5.41, 5.74) is 2.80. The van der Waals surface area contributed by atoms with Crippen molar-refractivity contribution < 1.29 is 9.18 Å². The van der Waals surface area contributed by atoms with Gasteiger partial charge in [-0.25, -0.2) is 9.37 Å². The lowest BCUT2D eigenvalue weighted by molar-refractivity contribution is -0.118. The van der Waals surface area contributed by atoms with E-state index < -0.39 is 0 Å². The number of benzene rings is 1. The first-order valence-corrected chi connectivity index (χ1v) is 8.35. The number of nitrogens with zero attached hydrogens (tertiary/aromatic N) is 2. The van der Waals surface area contributed by atoms with Gasteiger partial charge in [-0.05, 0) is 48.6 Å². The molecule has 4 nitrogen and oxygen atoms in total. The summed E-state index contributed by atoms with van der Waals surface area (Å²) >= 11 is 0. The van der Waals surface area contributed by atoms with Crippen LogP contribution < -0.4 is 10.2 Å². The number of amides is 1. The average Bonchev–Trinajstić information content (AvgIpc) is 2.56. The molecule has 1 aromatic carbocycles. The van der Waals surface area contributed by atoms with E-state index in [-0.39, 0.29) is 11.7 Å². The minimum atomic E-state index is -0.274. The predicted molar refractivity (Wildman–Crippen MR) is 94.0 cm³/mol. The lowest BCUT2D eigenvalue weighted by Crippen LogP contribution is -2.36. The number of hydrogen-bond donors (Lipinski definition) is 1. The van der Waals surface area contributed by atoms with E-state index in [4.69, 9.17) is 0 Å². The first-order valence-electron chi connectivity index (χ1n) is 8.35. The summed E-state index contributed by atoms with van der Waals surface area (Å²) in [6.07, 6.45) is 4.07. The van der Waals surface area contributed by atoms with E-state index in [0.29, 0.717) is 18.2 Å². The summed E-state index contributed by atoms with van der Waals surface area (Å²) in [5.74, 6) is 1.10. The summed E-state index contributed by atoms with van der Waals surface area (Å²) in [4.78, 5) is 18.6. The van der Waals surface area contributed by atoms with Crippen molar-refractivity contribution in [1.82, 2.24) is 4.98 Å². The number of anilines is 3. The SMILES string of the molecule is CC(C)CCN1C(=O)CCc2cnc(Nc3ccc(F)cc3)cc21. The third-order valence-corrected chi connectivity index (χ3v) is 4.21. The average molecular weight is 327 g/mol. The third kappa shape index (κ3) is 3.72. The number of pyridine rings is 1. The zero-order valence-electron chi connectivity index (χ0n) is 14.1. The zero-order valence-corrected chi connectivity index (χ0v) is 14.1. The minimum Gasteiger partial charge on any atom is -0.340 e. The molecule has 1 aliphatic rings. The monoisotopic (exact) mass is 327 g/mol. The smallest absolute Gasteiger partial charge is 0.227 e. The first kappa shape index (κ1) is 16.4. The predicted octanol–water partition coefficient (Wildman–Crippen LogP) is 4.29. The summed E-state index contributed by atoms with van der Waals surface area (Å²) in [7, 11) is 0. The molecule has 0 unspecified atom stereocenters. The molecular formula is C19H22FN3O. The number of nitrogens with one attached hydrogen (secondary N) is 1. The van der Waals surface area contributed by atoms with E-state index >= 15 is 0 Å². The van der Waals surface area contributed by atoms with Crippen LogP contribution in [0.5, 0.6) is 0 Å². The van der Waals surface area contributed by atoms with Gasteiger partial charge in [0.25, 0.3) is 0 Å². The Morgan fingerprint density at radius 1 is 1.25 bits per heavy atom. The van der Waals surface area contributed by atoms with Gasteiger partial charge in [-0.2, -0.15) is 0 Å². The molecule has 0 spiro atoms. The van der Waals surface area contributed by atoms with Crippen molar-refractivity contribution in [3.8, 4) is 0 Å². The van der Waals surface area contributed by atoms with E-state index in [1.54, 1.807) is 12.1 Å². The van der Waals surface area contributed by atoms with Crippen molar-refractivity contribution in [3.05, 3.63) is 47.9 Å². The van der Waals surface area contributed by atoms with Crippen molar-refractivity contribution in [2.75, 3.05) is 16.8 Å². The molecule has 1 N–H and O–H groups in total. The molecule has 0 aliphatic carbocycles. The molecule has 0 bridgehead atoms. The van der Waals surface area contributed by atoms with Crippen LogP contribution in [-0.2, 0) is 11.2 Å². The number of carbonyl (C=O) groups is 1. The number of carbonyl (C=O) groups excluding carboxylic acids is 1. The number of aromatic nitrogens is 1. The number of hydrogen-bond acceptors (Lipinski definition) is 3. The quantitative estimate of drug-likeness (QED) is 0.891. The molecule has 0 saturated heterocycles. The molecule has 24 heavy (non-hydrogen) atoms. The maximum Gasteiger partial charge on any atom is 0.227 e. The summed E-state index contributed by atoms with van der Waals surface area (Å²) < 4.78 is 13.0. The van der Waals surface area contributed by atoms with Crippen LogP contribution in [0.4, 0.5) is 21.6 Å². The Bertz CT molecular complexity index is 728. The molecule has 2 heterocycles. The summed E-state index contributed by atoms with van der Waals surface area (Å²) in [6, 6.07) is 8.05. The maximum atomic E-state index is 13.0. The zero-order chi connectivity index (χ0) is 17.1. The van der Waals surface area contributed by atoms with Gasteiger partial charge >= 0.3 is 0 Å². The fraction of sp³-hybridized carbons (Fsp3) is 0.368. The molecule has 1 amide bonds. The minimum absolute atomic E-state index is 0.169. The molecule has 0 saturated carbocycles. The van der Waals surface area contributed by atoms with E-state index in [9.17, 15) is 9.18 Å². The number of rotatable bonds is 5. The normalized spacial score (nSPS) is 14.0. The Labute approximate surface area is 141 Å². The van der Waals surface area contributed by atoms with Crippen LogP contribution in [0.15, 0.2) is 36.5 Å². The Morgan fingerprint density at radius 2 is 2.00 bits per heavy atom. The number of aryl methyl sites for hydroxylation is 1. The summed E-state index contributed by atoms with van der Waals surface area (Å²) in [6.45, 7) is 5.04. The first-order chi connectivity index (χ1) is 11.5. The molecule has 5 heteroatoms. The van der Waals surface area contributed by atoms with Crippen molar-refractivity contribution in [1.29, 1.82) is 0 Å². The molecule has 0 radical (unpaired) electrons. The molecule has 126 valence electrons. The van der Waals surface area contributed by atoms with Crippen LogP contribution in [0.2, 0.25) is 0 Å². The highest BCUT2D eigenvalue weighted by molar-refractivity contribution is 5.96. The topological polar surface area (TPSA) is 45.2 Å². The molecule has 1 aromatic heterocycles. The van der Waals surface area contributed by atoms with Crippen LogP contribution in [0.25, 0.3) is 0 Å². The Hall–Kier alpha value is -2.43. The van der Waals surface area contributed by atoms with Gasteiger partial charge in [-0.15, -0.1) is 0 Å². The highest BCUT2D eigenvalue weighted by Crippen LogP contribution is 2.30. The largest absolute Gasteiger partial charge is 0.340 e. The fourth-order valence-corrected chi connectivity index (χ4v) is 2.81. The van der Waals surface area contributed by atoms with Gasteiger partial charge in [0.05, 0.1) is 5.69 Å². The highest BCUT2D eigenvalue weighted by atomic mass is 19.1. The molecule has 0 atom stereocenters. The second kappa shape index (κ2) is 6.99. The van der Waals surface area contributed by atoms with E-state index in [2.05, 4.69) is 24.1 Å². The van der Waals surface area contributed by atoms with Crippen molar-refractivity contribution in [2.45, 2.75) is 33.1 Å². The van der Waals surface area contributed by atoms with Gasteiger partial charge in [0.1, 0.15) is 11.6 Å². The standard InChI is InChI=1S/C19H22FN3O/c1-13(2)9-10-23-17-11-18(21-12-14(17)3-8-19(23)24)22-16-6-4-15(20)5-7-16/h4-7,11-13H,3,8-10H2,1-2H3,(H,21,22). The maximum absolute atomic E-state index is 13.0. The van der Waals surface area contributed by atoms with Gasteiger partial charge in [0.2, 0.25) is 5.91 Å². The van der Waals surface area contributed by atoms with E-state index in [1.165, 1.54) is 12.1 Å². The second-order valence-electron chi connectivity index (χ2n) is 6.56. The Balaban J connectivity index is 1.84. The van der Waals surface area contributed by atoms with Crippen LogP contribution >= 0.6 is 0 Å². The lowest BCUT2D eigenvalue weighted by Gasteiger charge is -2.30. The number of halogens is 1. The van der Waals surface area contributed by atoms with Gasteiger partial charge < -0.3 is 10.2 Å². The van der Waals surface area contributed by atoms with Crippen LogP contribution in [-0.4, -0.2) is 17.4 Å². The second-order valence-corrected chi connectivity index (χ2v) is 6.56. The van der Waals surface area contributed by atoms with Gasteiger partial charge in [0, 0.05) is 30.9 Å². The molecular weight excluding hydrogens is 305 g/mol. The van der Waals surface area contributed by atoms with Crippen molar-refractivity contribution >= 4 is 23.1 Å². The fourth-order valence-electron chi connectivity index (χ4n) is 2.81. The van der Waals surface area contributed by atoms with Crippen molar-refractivity contribution in [2.24, 2.45) is 5.92 Å². The van der Waals surface area contributed by atoms with Crippen LogP contribution in [0.1, 0.15) is 32.3 Å². The molecule has 1 aliphatic heterocycles. The molecule has 3 rings (SSSR count). The van der Waals surface area contributed by atoms with Gasteiger partial charge in [-0.1, -0.05) is 13.8 Å². The molecule has 0 fully saturated rings. The van der Waals surface area contributed by atoms with Gasteiger partial charge in [-0.3, -0.25) is 4.79 Å². The van der Waals surface area contributed by atoms with Crippen LogP contribution in [0, 0.1) is 11.7 Å². The Morgan fingerprint density at radius 3 is 2.71 bits per heavy atom. The molecule has 2 aromatic rings. The van der Waals surface area contributed by atoms with Crippen molar-refractivity contribution in [3.63, 3.8) is 0 Å². The lowest BCUT2D eigenvalue weighted by atomic mass is 10.0.